The smallest absolute Gasteiger partial charge is 0.269 e. The Hall–Kier alpha value is -2.68. The minimum Gasteiger partial charge on any atom is -0.369 e. The summed E-state index contributed by atoms with van der Waals surface area (Å²) in [6.07, 6.45) is 1.61. The third kappa shape index (κ3) is 3.72. The van der Waals surface area contributed by atoms with Crippen LogP contribution >= 0.6 is 15.9 Å². The number of aromatic nitrogens is 2. The molecule has 1 aliphatic rings. The van der Waals surface area contributed by atoms with Gasteiger partial charge in [-0.3, -0.25) is 0 Å². The first-order chi connectivity index (χ1) is 15.4. The Balaban J connectivity index is 1.63. The van der Waals surface area contributed by atoms with Crippen LogP contribution in [0.3, 0.4) is 0 Å². The van der Waals surface area contributed by atoms with E-state index in [4.69, 9.17) is 0 Å². The average molecular weight is 511 g/mol. The molecule has 32 heavy (non-hydrogen) atoms. The second-order valence-corrected chi connectivity index (χ2v) is 10.6. The summed E-state index contributed by atoms with van der Waals surface area (Å²) in [6.45, 7) is 4.03. The zero-order chi connectivity index (χ0) is 22.3. The van der Waals surface area contributed by atoms with Gasteiger partial charge in [0.2, 0.25) is 0 Å². The number of benzene rings is 2. The molecule has 1 saturated heterocycles. The zero-order valence-corrected chi connectivity index (χ0v) is 20.1. The van der Waals surface area contributed by atoms with Crippen molar-refractivity contribution in [3.05, 3.63) is 77.4 Å². The number of pyridine rings is 1. The summed E-state index contributed by atoms with van der Waals surface area (Å²) in [5, 5.41) is 0.755. The molecular weight excluding hydrogens is 488 g/mol. The van der Waals surface area contributed by atoms with Gasteiger partial charge in [-0.1, -0.05) is 30.3 Å². The lowest BCUT2D eigenvalue weighted by atomic mass is 10.1. The lowest BCUT2D eigenvalue weighted by molar-refractivity contribution is 0.313. The van der Waals surface area contributed by atoms with E-state index in [-0.39, 0.29) is 4.90 Å². The van der Waals surface area contributed by atoms with E-state index in [0.29, 0.717) is 11.3 Å². The van der Waals surface area contributed by atoms with Crippen LogP contribution in [0.5, 0.6) is 0 Å². The Kier molecular flexibility index (Phi) is 5.53. The fraction of sp³-hybridized carbons (Fsp3) is 0.208. The van der Waals surface area contributed by atoms with Crippen molar-refractivity contribution in [1.29, 1.82) is 0 Å². The highest BCUT2D eigenvalue weighted by molar-refractivity contribution is 9.10. The van der Waals surface area contributed by atoms with Crippen LogP contribution in [0.15, 0.2) is 82.3 Å². The van der Waals surface area contributed by atoms with Crippen molar-refractivity contribution in [1.82, 2.24) is 13.9 Å². The zero-order valence-electron chi connectivity index (χ0n) is 17.6. The van der Waals surface area contributed by atoms with Gasteiger partial charge in [0, 0.05) is 47.9 Å². The highest BCUT2D eigenvalue weighted by atomic mass is 79.9. The van der Waals surface area contributed by atoms with Crippen molar-refractivity contribution in [2.24, 2.45) is 0 Å². The fourth-order valence-corrected chi connectivity index (χ4v) is 6.01. The molecule has 0 radical (unpaired) electrons. The number of rotatable bonds is 4. The van der Waals surface area contributed by atoms with Crippen LogP contribution in [-0.2, 0) is 10.0 Å². The molecule has 0 atom stereocenters. The molecule has 8 heteroatoms. The van der Waals surface area contributed by atoms with Crippen molar-refractivity contribution < 1.29 is 8.42 Å². The standard InChI is InChI=1S/C24H23BrN4O2S/c1-27-13-15-28(16-14-27)19-9-7-18(8-10-19)23-17-21-22(25)11-12-26-24(21)29(23)32(30,31)20-5-3-2-4-6-20/h2-12,17H,13-16H2,1H3. The lowest BCUT2D eigenvalue weighted by Crippen LogP contribution is -2.44. The predicted molar refractivity (Wildman–Crippen MR) is 132 cm³/mol. The fourth-order valence-electron chi connectivity index (χ4n) is 4.09. The van der Waals surface area contributed by atoms with Gasteiger partial charge in [0.15, 0.2) is 5.65 Å². The average Bonchev–Trinajstić information content (AvgIpc) is 3.22. The van der Waals surface area contributed by atoms with Crippen molar-refractivity contribution in [3.63, 3.8) is 0 Å². The minimum absolute atomic E-state index is 0.231. The molecule has 5 rings (SSSR count). The molecule has 0 N–H and O–H groups in total. The normalized spacial score (nSPS) is 15.4. The minimum atomic E-state index is -3.84. The van der Waals surface area contributed by atoms with E-state index < -0.39 is 10.0 Å². The molecule has 0 saturated carbocycles. The number of hydrogen-bond donors (Lipinski definition) is 0. The van der Waals surface area contributed by atoms with Crippen molar-refractivity contribution in [3.8, 4) is 11.3 Å². The third-order valence-electron chi connectivity index (χ3n) is 5.92. The number of likely N-dealkylation sites (N-methyl/N-ethyl adjacent to an activating group) is 1. The third-order valence-corrected chi connectivity index (χ3v) is 8.33. The molecule has 164 valence electrons. The van der Waals surface area contributed by atoms with Gasteiger partial charge < -0.3 is 9.80 Å². The van der Waals surface area contributed by atoms with Gasteiger partial charge in [-0.15, -0.1) is 0 Å². The van der Waals surface area contributed by atoms with E-state index in [1.807, 2.05) is 24.3 Å². The van der Waals surface area contributed by atoms with E-state index in [9.17, 15) is 8.42 Å². The summed E-state index contributed by atoms with van der Waals surface area (Å²) in [5.74, 6) is 0. The first-order valence-electron chi connectivity index (χ1n) is 10.5. The van der Waals surface area contributed by atoms with Crippen molar-refractivity contribution in [2.45, 2.75) is 4.90 Å². The molecule has 6 nitrogen and oxygen atoms in total. The largest absolute Gasteiger partial charge is 0.369 e. The van der Waals surface area contributed by atoms with Gasteiger partial charge in [-0.2, -0.15) is 0 Å². The number of halogens is 1. The van der Waals surface area contributed by atoms with Gasteiger partial charge in [-0.25, -0.2) is 17.4 Å². The number of nitrogens with zero attached hydrogens (tertiary/aromatic N) is 4. The van der Waals surface area contributed by atoms with Gasteiger partial charge in [-0.05, 0) is 64.9 Å². The Morgan fingerprint density at radius 1 is 0.906 bits per heavy atom. The second-order valence-electron chi connectivity index (χ2n) is 7.98. The SMILES string of the molecule is CN1CCN(c2ccc(-c3cc4c(Br)ccnc4n3S(=O)(=O)c3ccccc3)cc2)CC1. The molecule has 3 heterocycles. The van der Waals surface area contributed by atoms with Gasteiger partial charge in [0.05, 0.1) is 10.6 Å². The molecule has 1 aliphatic heterocycles. The summed E-state index contributed by atoms with van der Waals surface area (Å²) in [5.41, 5.74) is 2.97. The maximum Gasteiger partial charge on any atom is 0.269 e. The number of fused-ring (bicyclic) bond motifs is 1. The Bertz CT molecular complexity index is 1360. The summed E-state index contributed by atoms with van der Waals surface area (Å²) >= 11 is 3.55. The van der Waals surface area contributed by atoms with Crippen LogP contribution < -0.4 is 4.90 Å². The molecule has 0 aliphatic carbocycles. The molecule has 0 spiro atoms. The van der Waals surface area contributed by atoms with Gasteiger partial charge in [0.1, 0.15) is 0 Å². The Labute approximate surface area is 196 Å². The topological polar surface area (TPSA) is 58.4 Å². The highest BCUT2D eigenvalue weighted by Gasteiger charge is 2.25. The summed E-state index contributed by atoms with van der Waals surface area (Å²) in [4.78, 5) is 9.33. The first-order valence-corrected chi connectivity index (χ1v) is 12.7. The van der Waals surface area contributed by atoms with Gasteiger partial charge in [0.25, 0.3) is 10.0 Å². The molecule has 0 amide bonds. The van der Waals surface area contributed by atoms with E-state index in [2.05, 4.69) is 49.9 Å². The van der Waals surface area contributed by atoms with E-state index >= 15 is 0 Å². The van der Waals surface area contributed by atoms with Gasteiger partial charge >= 0.3 is 0 Å². The van der Waals surface area contributed by atoms with Crippen LogP contribution in [0, 0.1) is 0 Å². The van der Waals surface area contributed by atoms with E-state index in [1.54, 1.807) is 36.5 Å². The van der Waals surface area contributed by atoms with Crippen LogP contribution in [-0.4, -0.2) is 55.5 Å². The van der Waals surface area contributed by atoms with Crippen molar-refractivity contribution in [2.75, 3.05) is 38.1 Å². The molecule has 0 unspecified atom stereocenters. The maximum atomic E-state index is 13.7. The van der Waals surface area contributed by atoms with E-state index in [0.717, 1.165) is 47.3 Å². The molecule has 4 aromatic rings. The highest BCUT2D eigenvalue weighted by Crippen LogP contribution is 2.35. The quantitative estimate of drug-likeness (QED) is 0.405. The number of piperazine rings is 1. The van der Waals surface area contributed by atoms with Crippen LogP contribution in [0.2, 0.25) is 0 Å². The maximum absolute atomic E-state index is 13.7. The molecule has 2 aromatic carbocycles. The number of hydrogen-bond acceptors (Lipinski definition) is 5. The first kappa shape index (κ1) is 21.2. The van der Waals surface area contributed by atoms with Crippen LogP contribution in [0.25, 0.3) is 22.3 Å². The molecular formula is C24H23BrN4O2S. The molecule has 0 bridgehead atoms. The summed E-state index contributed by atoms with van der Waals surface area (Å²) in [7, 11) is -1.70. The van der Waals surface area contributed by atoms with E-state index in [1.165, 1.54) is 3.97 Å². The summed E-state index contributed by atoms with van der Waals surface area (Å²) < 4.78 is 29.5. The summed E-state index contributed by atoms with van der Waals surface area (Å²) in [6, 6.07) is 20.3. The lowest BCUT2D eigenvalue weighted by Gasteiger charge is -2.34. The van der Waals surface area contributed by atoms with Crippen molar-refractivity contribution >= 4 is 42.7 Å². The Morgan fingerprint density at radius 2 is 1.59 bits per heavy atom. The second kappa shape index (κ2) is 8.35. The van der Waals surface area contributed by atoms with Crippen LogP contribution in [0.4, 0.5) is 5.69 Å². The Morgan fingerprint density at radius 3 is 2.28 bits per heavy atom. The molecule has 2 aromatic heterocycles. The number of anilines is 1. The predicted octanol–water partition coefficient (Wildman–Crippen LogP) is 4.45. The van der Waals surface area contributed by atoms with Crippen LogP contribution in [0.1, 0.15) is 0 Å². The monoisotopic (exact) mass is 510 g/mol. The molecule has 1 fully saturated rings.